The lowest BCUT2D eigenvalue weighted by Gasteiger charge is -2.47. The first kappa shape index (κ1) is 27.9. The SMILES string of the molecule is C[C@@H]1CN(C(c2cccc(O)c2)c2cccc(C(=O)N3CCC(C(=O)O)CC3)c2)[C@H](C)CN1Cc1ccccc1. The molecule has 0 spiro atoms. The molecule has 3 aromatic rings. The second kappa shape index (κ2) is 12.2. The van der Waals surface area contributed by atoms with Crippen molar-refractivity contribution >= 4 is 11.9 Å². The van der Waals surface area contributed by atoms with Gasteiger partial charge in [0.25, 0.3) is 5.91 Å². The van der Waals surface area contributed by atoms with Crippen molar-refractivity contribution in [2.75, 3.05) is 26.2 Å². The number of nitrogens with zero attached hydrogens (tertiary/aromatic N) is 3. The largest absolute Gasteiger partial charge is 0.508 e. The van der Waals surface area contributed by atoms with Gasteiger partial charge >= 0.3 is 5.97 Å². The highest BCUT2D eigenvalue weighted by atomic mass is 16.4. The van der Waals surface area contributed by atoms with E-state index < -0.39 is 5.97 Å². The summed E-state index contributed by atoms with van der Waals surface area (Å²) < 4.78 is 0. The third-order valence-corrected chi connectivity index (χ3v) is 8.49. The minimum Gasteiger partial charge on any atom is -0.508 e. The number of rotatable bonds is 7. The molecule has 0 radical (unpaired) electrons. The predicted molar refractivity (Wildman–Crippen MR) is 155 cm³/mol. The summed E-state index contributed by atoms with van der Waals surface area (Å²) >= 11 is 0. The van der Waals surface area contributed by atoms with E-state index in [1.54, 1.807) is 11.0 Å². The van der Waals surface area contributed by atoms with E-state index in [9.17, 15) is 19.8 Å². The highest BCUT2D eigenvalue weighted by Crippen LogP contribution is 2.35. The highest BCUT2D eigenvalue weighted by Gasteiger charge is 2.35. The van der Waals surface area contributed by atoms with Gasteiger partial charge in [0.05, 0.1) is 12.0 Å². The van der Waals surface area contributed by atoms with Crippen molar-refractivity contribution in [3.05, 3.63) is 101 Å². The monoisotopic (exact) mass is 541 g/mol. The minimum absolute atomic E-state index is 0.0607. The summed E-state index contributed by atoms with van der Waals surface area (Å²) in [5.74, 6) is -1.00. The van der Waals surface area contributed by atoms with E-state index in [1.165, 1.54) is 5.56 Å². The molecule has 2 fully saturated rings. The van der Waals surface area contributed by atoms with Crippen LogP contribution in [0.3, 0.4) is 0 Å². The summed E-state index contributed by atoms with van der Waals surface area (Å²) in [7, 11) is 0. The molecule has 1 unspecified atom stereocenters. The van der Waals surface area contributed by atoms with E-state index in [2.05, 4.69) is 54.0 Å². The molecule has 0 aliphatic carbocycles. The molecule has 3 atom stereocenters. The highest BCUT2D eigenvalue weighted by molar-refractivity contribution is 5.94. The number of aromatic hydroxyl groups is 1. The number of aliphatic carboxylic acids is 1. The van der Waals surface area contributed by atoms with Crippen molar-refractivity contribution in [2.24, 2.45) is 5.92 Å². The first-order chi connectivity index (χ1) is 19.3. The van der Waals surface area contributed by atoms with Gasteiger partial charge in [-0.3, -0.25) is 19.4 Å². The summed E-state index contributed by atoms with van der Waals surface area (Å²) in [6, 6.07) is 26.2. The van der Waals surface area contributed by atoms with Crippen molar-refractivity contribution in [1.29, 1.82) is 0 Å². The van der Waals surface area contributed by atoms with Crippen molar-refractivity contribution in [3.63, 3.8) is 0 Å². The molecule has 0 saturated carbocycles. The number of benzene rings is 3. The number of piperidine rings is 1. The lowest BCUT2D eigenvalue weighted by Crippen LogP contribution is -2.56. The number of phenolic OH excluding ortho intramolecular Hbond substituents is 1. The van der Waals surface area contributed by atoms with Crippen LogP contribution in [0.15, 0.2) is 78.9 Å². The van der Waals surface area contributed by atoms with E-state index in [1.807, 2.05) is 42.5 Å². The molecular formula is C33H39N3O4. The molecule has 3 aromatic carbocycles. The Labute approximate surface area is 236 Å². The number of carboxylic acid groups (broad SMARTS) is 1. The van der Waals surface area contributed by atoms with Crippen LogP contribution in [0.5, 0.6) is 5.75 Å². The summed E-state index contributed by atoms with van der Waals surface area (Å²) in [4.78, 5) is 31.6. The van der Waals surface area contributed by atoms with Gasteiger partial charge in [0.2, 0.25) is 0 Å². The molecule has 210 valence electrons. The number of carbonyl (C=O) groups is 2. The Kier molecular flexibility index (Phi) is 8.52. The standard InChI is InChI=1S/C33H39N3O4/c1-23-21-36(24(2)20-35(23)22-25-8-4-3-5-9-25)31(28-11-7-13-30(37)19-28)27-10-6-12-29(18-27)32(38)34-16-14-26(15-17-34)33(39)40/h3-13,18-19,23-24,26,31,37H,14-17,20-22H2,1-2H3,(H,39,40)/t23-,24-,31?/m1/s1. The minimum atomic E-state index is -0.782. The molecule has 2 saturated heterocycles. The van der Waals surface area contributed by atoms with Crippen molar-refractivity contribution in [3.8, 4) is 5.75 Å². The van der Waals surface area contributed by atoms with Crippen LogP contribution in [0.1, 0.15) is 59.8 Å². The Morgan fingerprint density at radius 1 is 0.850 bits per heavy atom. The Balaban J connectivity index is 1.40. The zero-order chi connectivity index (χ0) is 28.2. The summed E-state index contributed by atoms with van der Waals surface area (Å²) in [6.07, 6.45) is 0.963. The second-order valence-electron chi connectivity index (χ2n) is 11.3. The summed E-state index contributed by atoms with van der Waals surface area (Å²) in [5, 5.41) is 19.7. The number of amides is 1. The number of carboxylic acids is 1. The Morgan fingerprint density at radius 2 is 1.52 bits per heavy atom. The smallest absolute Gasteiger partial charge is 0.306 e. The Morgan fingerprint density at radius 3 is 2.20 bits per heavy atom. The molecule has 2 N–H and O–H groups in total. The molecule has 1 amide bonds. The van der Waals surface area contributed by atoms with Crippen molar-refractivity contribution < 1.29 is 19.8 Å². The third kappa shape index (κ3) is 6.21. The molecule has 7 nitrogen and oxygen atoms in total. The topological polar surface area (TPSA) is 84.3 Å². The number of likely N-dealkylation sites (tertiary alicyclic amines) is 1. The van der Waals surface area contributed by atoms with Crippen LogP contribution in [0.25, 0.3) is 0 Å². The fourth-order valence-corrected chi connectivity index (χ4v) is 6.25. The van der Waals surface area contributed by atoms with Crippen LogP contribution in [0.2, 0.25) is 0 Å². The van der Waals surface area contributed by atoms with Crippen molar-refractivity contribution in [2.45, 2.75) is 51.4 Å². The third-order valence-electron chi connectivity index (χ3n) is 8.49. The van der Waals surface area contributed by atoms with E-state index >= 15 is 0 Å². The molecule has 40 heavy (non-hydrogen) atoms. The van der Waals surface area contributed by atoms with Crippen LogP contribution in [-0.2, 0) is 11.3 Å². The van der Waals surface area contributed by atoms with Gasteiger partial charge in [0.15, 0.2) is 0 Å². The van der Waals surface area contributed by atoms with Gasteiger partial charge in [-0.15, -0.1) is 0 Å². The van der Waals surface area contributed by atoms with Gasteiger partial charge in [-0.25, -0.2) is 0 Å². The number of carbonyl (C=O) groups excluding carboxylic acids is 1. The maximum absolute atomic E-state index is 13.5. The molecule has 5 rings (SSSR count). The fraction of sp³-hybridized carbons (Fsp3) is 0.394. The fourth-order valence-electron chi connectivity index (χ4n) is 6.25. The second-order valence-corrected chi connectivity index (χ2v) is 11.3. The average Bonchev–Trinajstić information content (AvgIpc) is 2.96. The first-order valence-electron chi connectivity index (χ1n) is 14.2. The lowest BCUT2D eigenvalue weighted by atomic mass is 9.91. The maximum atomic E-state index is 13.5. The molecule has 0 bridgehead atoms. The summed E-state index contributed by atoms with van der Waals surface area (Å²) in [5.41, 5.74) is 3.91. The zero-order valence-corrected chi connectivity index (χ0v) is 23.3. The van der Waals surface area contributed by atoms with Gasteiger partial charge in [-0.05, 0) is 67.6 Å². The molecule has 2 heterocycles. The molecule has 2 aliphatic rings. The van der Waals surface area contributed by atoms with Crippen LogP contribution >= 0.6 is 0 Å². The quantitative estimate of drug-likeness (QED) is 0.437. The first-order valence-corrected chi connectivity index (χ1v) is 14.2. The van der Waals surface area contributed by atoms with Crippen molar-refractivity contribution in [1.82, 2.24) is 14.7 Å². The number of piperazine rings is 1. The molecular weight excluding hydrogens is 502 g/mol. The number of phenols is 1. The average molecular weight is 542 g/mol. The summed E-state index contributed by atoms with van der Waals surface area (Å²) in [6.45, 7) is 8.07. The number of hydrogen-bond donors (Lipinski definition) is 2. The van der Waals surface area contributed by atoms with E-state index in [0.29, 0.717) is 37.5 Å². The van der Waals surface area contributed by atoms with Crippen LogP contribution in [0, 0.1) is 5.92 Å². The van der Waals surface area contributed by atoms with Gasteiger partial charge in [-0.1, -0.05) is 54.6 Å². The maximum Gasteiger partial charge on any atom is 0.306 e. The Hall–Kier alpha value is -3.68. The van der Waals surface area contributed by atoms with E-state index in [4.69, 9.17) is 0 Å². The zero-order valence-electron chi connectivity index (χ0n) is 23.3. The van der Waals surface area contributed by atoms with Crippen LogP contribution in [0.4, 0.5) is 0 Å². The van der Waals surface area contributed by atoms with Gasteiger partial charge < -0.3 is 15.1 Å². The number of hydrogen-bond acceptors (Lipinski definition) is 5. The van der Waals surface area contributed by atoms with Crippen LogP contribution < -0.4 is 0 Å². The molecule has 7 heteroatoms. The van der Waals surface area contributed by atoms with Gasteiger partial charge in [-0.2, -0.15) is 0 Å². The van der Waals surface area contributed by atoms with E-state index in [-0.39, 0.29) is 29.7 Å². The lowest BCUT2D eigenvalue weighted by molar-refractivity contribution is -0.143. The van der Waals surface area contributed by atoms with Gasteiger partial charge in [0, 0.05) is 50.4 Å². The molecule has 2 aliphatic heterocycles. The normalized spacial score (nSPS) is 21.7. The predicted octanol–water partition coefficient (Wildman–Crippen LogP) is 5.01. The van der Waals surface area contributed by atoms with Gasteiger partial charge in [0.1, 0.15) is 5.75 Å². The Bertz CT molecular complexity index is 1320. The van der Waals surface area contributed by atoms with E-state index in [0.717, 1.165) is 30.8 Å². The van der Waals surface area contributed by atoms with Crippen LogP contribution in [-0.4, -0.2) is 75.1 Å². The molecule has 0 aromatic heterocycles.